The van der Waals surface area contributed by atoms with Crippen molar-refractivity contribution in [1.29, 1.82) is 0 Å². The molecule has 0 amide bonds. The van der Waals surface area contributed by atoms with Crippen molar-refractivity contribution >= 4 is 42.4 Å². The number of H-pyrrole nitrogens is 1. The number of hydrogen-bond donors (Lipinski definition) is 2. The van der Waals surface area contributed by atoms with Gasteiger partial charge in [0.25, 0.3) is 0 Å². The minimum Gasteiger partial charge on any atom is -0.491 e. The molecule has 0 bridgehead atoms. The molecule has 5 nitrogen and oxygen atoms in total. The Balaban J connectivity index is 1.92. The van der Waals surface area contributed by atoms with E-state index in [4.69, 9.17) is 4.74 Å². The van der Waals surface area contributed by atoms with Crippen LogP contribution in [0.1, 0.15) is 0 Å². The summed E-state index contributed by atoms with van der Waals surface area (Å²) >= 11 is 3.51. The van der Waals surface area contributed by atoms with Gasteiger partial charge in [0.1, 0.15) is 12.4 Å². The van der Waals surface area contributed by atoms with Gasteiger partial charge in [0.15, 0.2) is 9.84 Å². The van der Waals surface area contributed by atoms with Crippen LogP contribution in [0.15, 0.2) is 45.8 Å². The van der Waals surface area contributed by atoms with Gasteiger partial charge in [-0.2, -0.15) is 0 Å². The quantitative estimate of drug-likeness (QED) is 0.678. The summed E-state index contributed by atoms with van der Waals surface area (Å²) in [4.78, 5) is 3.73. The monoisotopic (exact) mass is 406 g/mol. The Morgan fingerprint density at radius 2 is 1.92 bits per heavy atom. The van der Waals surface area contributed by atoms with Crippen LogP contribution in [0.5, 0.6) is 5.75 Å². The fourth-order valence-electron chi connectivity index (χ4n) is 2.97. The SMILES string of the molecule is CS(=O)(=O)c1ccc(-c2[nH]c3cc(Br)cc4c3c2NCCO4)cc1. The van der Waals surface area contributed by atoms with Gasteiger partial charge in [0.2, 0.25) is 0 Å². The lowest BCUT2D eigenvalue weighted by Crippen LogP contribution is -2.08. The smallest absolute Gasteiger partial charge is 0.175 e. The van der Waals surface area contributed by atoms with E-state index in [9.17, 15) is 8.42 Å². The van der Waals surface area contributed by atoms with Gasteiger partial charge < -0.3 is 15.0 Å². The Labute approximate surface area is 148 Å². The molecule has 0 fully saturated rings. The minimum absolute atomic E-state index is 0.313. The van der Waals surface area contributed by atoms with E-state index in [1.54, 1.807) is 12.1 Å². The van der Waals surface area contributed by atoms with Crippen molar-refractivity contribution in [1.82, 2.24) is 4.98 Å². The highest BCUT2D eigenvalue weighted by Crippen LogP contribution is 2.42. The van der Waals surface area contributed by atoms with Crippen molar-refractivity contribution in [2.45, 2.75) is 4.90 Å². The normalized spacial score (nSPS) is 14.1. The molecule has 0 atom stereocenters. The molecule has 124 valence electrons. The summed E-state index contributed by atoms with van der Waals surface area (Å²) in [7, 11) is -3.20. The summed E-state index contributed by atoms with van der Waals surface area (Å²) in [6.07, 6.45) is 1.21. The summed E-state index contributed by atoms with van der Waals surface area (Å²) in [6.45, 7) is 1.29. The van der Waals surface area contributed by atoms with E-state index in [-0.39, 0.29) is 0 Å². The van der Waals surface area contributed by atoms with Gasteiger partial charge in [0.05, 0.1) is 27.2 Å². The molecule has 0 unspecified atom stereocenters. The van der Waals surface area contributed by atoms with Gasteiger partial charge >= 0.3 is 0 Å². The Kier molecular flexibility index (Phi) is 3.58. The number of aromatic nitrogens is 1. The molecule has 1 aliphatic heterocycles. The number of ether oxygens (including phenoxy) is 1. The number of benzene rings is 2. The molecule has 4 rings (SSSR count). The van der Waals surface area contributed by atoms with Crippen LogP contribution in [-0.4, -0.2) is 32.8 Å². The number of rotatable bonds is 2. The first kappa shape index (κ1) is 15.5. The second-order valence-electron chi connectivity index (χ2n) is 5.77. The maximum Gasteiger partial charge on any atom is 0.175 e. The summed E-state index contributed by atoms with van der Waals surface area (Å²) in [5.41, 5.74) is 3.79. The summed E-state index contributed by atoms with van der Waals surface area (Å²) in [5, 5.41) is 4.42. The largest absolute Gasteiger partial charge is 0.491 e. The Morgan fingerprint density at radius 3 is 2.62 bits per heavy atom. The minimum atomic E-state index is -3.20. The summed E-state index contributed by atoms with van der Waals surface area (Å²) < 4.78 is 30.0. The molecule has 1 aromatic heterocycles. The number of nitrogens with one attached hydrogen (secondary N) is 2. The first-order valence-electron chi connectivity index (χ1n) is 7.46. The third-order valence-electron chi connectivity index (χ3n) is 4.06. The zero-order chi connectivity index (χ0) is 16.9. The molecule has 0 saturated heterocycles. The fraction of sp³-hybridized carbons (Fsp3) is 0.176. The Hall–Kier alpha value is -1.99. The first-order valence-corrected chi connectivity index (χ1v) is 10.1. The molecule has 0 saturated carbocycles. The van der Waals surface area contributed by atoms with E-state index in [1.807, 2.05) is 24.3 Å². The van der Waals surface area contributed by atoms with Gasteiger partial charge in [-0.3, -0.25) is 0 Å². The third kappa shape index (κ3) is 2.57. The molecule has 0 spiro atoms. The topological polar surface area (TPSA) is 71.2 Å². The highest BCUT2D eigenvalue weighted by atomic mass is 79.9. The number of halogens is 1. The van der Waals surface area contributed by atoms with Crippen molar-refractivity contribution < 1.29 is 13.2 Å². The molecule has 1 aliphatic rings. The van der Waals surface area contributed by atoms with Crippen molar-refractivity contribution in [2.75, 3.05) is 24.7 Å². The lowest BCUT2D eigenvalue weighted by atomic mass is 10.1. The van der Waals surface area contributed by atoms with Crippen LogP contribution in [0.25, 0.3) is 22.2 Å². The average Bonchev–Trinajstić information content (AvgIpc) is 2.75. The number of hydrogen-bond acceptors (Lipinski definition) is 4. The van der Waals surface area contributed by atoms with Crippen molar-refractivity contribution in [3.63, 3.8) is 0 Å². The molecular weight excluding hydrogens is 392 g/mol. The maximum atomic E-state index is 11.6. The van der Waals surface area contributed by atoms with E-state index in [2.05, 4.69) is 26.2 Å². The predicted molar refractivity (Wildman–Crippen MR) is 98.5 cm³/mol. The zero-order valence-electron chi connectivity index (χ0n) is 12.9. The van der Waals surface area contributed by atoms with E-state index in [1.165, 1.54) is 6.26 Å². The van der Waals surface area contributed by atoms with Crippen molar-refractivity contribution in [3.8, 4) is 17.0 Å². The number of sulfone groups is 1. The van der Waals surface area contributed by atoms with Gasteiger partial charge in [-0.15, -0.1) is 0 Å². The second kappa shape index (κ2) is 5.53. The highest BCUT2D eigenvalue weighted by molar-refractivity contribution is 9.10. The standard InChI is InChI=1S/C17H15BrN2O3S/c1-24(21,22)12-4-2-10(3-5-12)16-17-15-13(20-16)8-11(18)9-14(15)23-7-6-19-17/h2-5,8-9,19-20H,6-7H2,1H3. The fourth-order valence-corrected chi connectivity index (χ4v) is 4.04. The van der Waals surface area contributed by atoms with Gasteiger partial charge in [-0.25, -0.2) is 8.42 Å². The van der Waals surface area contributed by atoms with Crippen LogP contribution >= 0.6 is 15.9 Å². The van der Waals surface area contributed by atoms with Crippen LogP contribution < -0.4 is 10.1 Å². The molecule has 7 heteroatoms. The molecule has 2 N–H and O–H groups in total. The van der Waals surface area contributed by atoms with Gasteiger partial charge in [-0.1, -0.05) is 28.1 Å². The summed E-state index contributed by atoms with van der Waals surface area (Å²) in [6, 6.07) is 10.9. The first-order chi connectivity index (χ1) is 11.4. The van der Waals surface area contributed by atoms with E-state index in [0.29, 0.717) is 18.0 Å². The number of aromatic amines is 1. The molecule has 3 aromatic rings. The zero-order valence-corrected chi connectivity index (χ0v) is 15.3. The molecule has 2 aromatic carbocycles. The van der Waals surface area contributed by atoms with Gasteiger partial charge in [-0.05, 0) is 24.3 Å². The summed E-state index contributed by atoms with van der Waals surface area (Å²) in [5.74, 6) is 0.828. The van der Waals surface area contributed by atoms with Crippen LogP contribution in [0, 0.1) is 0 Å². The second-order valence-corrected chi connectivity index (χ2v) is 8.70. The third-order valence-corrected chi connectivity index (χ3v) is 5.65. The lowest BCUT2D eigenvalue weighted by molar-refractivity contribution is 0.339. The lowest BCUT2D eigenvalue weighted by Gasteiger charge is -2.06. The van der Waals surface area contributed by atoms with E-state index in [0.717, 1.165) is 38.1 Å². The molecule has 0 aliphatic carbocycles. The van der Waals surface area contributed by atoms with Crippen molar-refractivity contribution in [3.05, 3.63) is 40.9 Å². The maximum absolute atomic E-state index is 11.6. The Morgan fingerprint density at radius 1 is 1.17 bits per heavy atom. The van der Waals surface area contributed by atoms with Crippen LogP contribution in [0.3, 0.4) is 0 Å². The van der Waals surface area contributed by atoms with Crippen LogP contribution in [0.2, 0.25) is 0 Å². The van der Waals surface area contributed by atoms with Gasteiger partial charge in [0, 0.05) is 22.8 Å². The highest BCUT2D eigenvalue weighted by Gasteiger charge is 2.20. The Bertz CT molecular complexity index is 1040. The van der Waals surface area contributed by atoms with Crippen LogP contribution in [0.4, 0.5) is 5.69 Å². The van der Waals surface area contributed by atoms with E-state index >= 15 is 0 Å². The number of anilines is 1. The van der Waals surface area contributed by atoms with E-state index < -0.39 is 9.84 Å². The molecule has 0 radical (unpaired) electrons. The average molecular weight is 407 g/mol. The predicted octanol–water partition coefficient (Wildman–Crippen LogP) is 3.81. The molecule has 24 heavy (non-hydrogen) atoms. The van der Waals surface area contributed by atoms with Crippen LogP contribution in [-0.2, 0) is 9.84 Å². The molecule has 2 heterocycles. The molecular formula is C17H15BrN2O3S. The van der Waals surface area contributed by atoms with Crippen molar-refractivity contribution in [2.24, 2.45) is 0 Å².